The predicted octanol–water partition coefficient (Wildman–Crippen LogP) is 1.16. The van der Waals surface area contributed by atoms with Crippen LogP contribution in [-0.2, 0) is 0 Å². The maximum Gasteiger partial charge on any atom is 0.243 e. The summed E-state index contributed by atoms with van der Waals surface area (Å²) in [6, 6.07) is 0.224. The highest BCUT2D eigenvalue weighted by atomic mass is 35.5. The molecule has 82 valence electrons. The van der Waals surface area contributed by atoms with Gasteiger partial charge in [0.1, 0.15) is 0 Å². The standard InChI is InChI=1S/C9H13ClN4O/c1-5-7(10)13-14-8(11-5)12-6-3-9(2,15)4-6/h6,15H,3-4H2,1-2H3,(H,11,12,14)/t6-,9-. The summed E-state index contributed by atoms with van der Waals surface area (Å²) in [5.74, 6) is 0.470. The van der Waals surface area contributed by atoms with Crippen molar-refractivity contribution < 1.29 is 5.11 Å². The number of aryl methyl sites for hydroxylation is 1. The molecule has 0 saturated heterocycles. The number of nitrogens with one attached hydrogen (secondary N) is 1. The van der Waals surface area contributed by atoms with Crippen LogP contribution in [-0.4, -0.2) is 31.9 Å². The number of anilines is 1. The number of aliphatic hydroxyl groups is 1. The Hall–Kier alpha value is -0.940. The Bertz CT molecular complexity index is 374. The Morgan fingerprint density at radius 3 is 2.67 bits per heavy atom. The molecule has 0 unspecified atom stereocenters. The molecule has 0 atom stereocenters. The minimum Gasteiger partial charge on any atom is -0.390 e. The molecule has 0 bridgehead atoms. The van der Waals surface area contributed by atoms with Crippen molar-refractivity contribution in [3.8, 4) is 0 Å². The van der Waals surface area contributed by atoms with Gasteiger partial charge in [-0.1, -0.05) is 11.6 Å². The van der Waals surface area contributed by atoms with Crippen LogP contribution < -0.4 is 5.32 Å². The largest absolute Gasteiger partial charge is 0.390 e. The van der Waals surface area contributed by atoms with Gasteiger partial charge < -0.3 is 10.4 Å². The maximum absolute atomic E-state index is 9.54. The summed E-state index contributed by atoms with van der Waals surface area (Å²) in [6.45, 7) is 3.59. The minimum atomic E-state index is -0.549. The summed E-state index contributed by atoms with van der Waals surface area (Å²) in [5.41, 5.74) is 0.104. The zero-order valence-corrected chi connectivity index (χ0v) is 9.41. The number of rotatable bonds is 2. The summed E-state index contributed by atoms with van der Waals surface area (Å²) in [5, 5.41) is 20.5. The number of aromatic nitrogens is 3. The number of nitrogens with zero attached hydrogens (tertiary/aromatic N) is 3. The fourth-order valence-corrected chi connectivity index (χ4v) is 1.82. The van der Waals surface area contributed by atoms with Gasteiger partial charge in [0.2, 0.25) is 5.95 Å². The van der Waals surface area contributed by atoms with Crippen molar-refractivity contribution in [3.05, 3.63) is 10.8 Å². The Kier molecular flexibility index (Phi) is 2.52. The van der Waals surface area contributed by atoms with Gasteiger partial charge >= 0.3 is 0 Å². The summed E-state index contributed by atoms with van der Waals surface area (Å²) < 4.78 is 0. The Morgan fingerprint density at radius 1 is 1.47 bits per heavy atom. The Balaban J connectivity index is 1.98. The lowest BCUT2D eigenvalue weighted by molar-refractivity contribution is -0.0236. The van der Waals surface area contributed by atoms with Gasteiger partial charge in [0.15, 0.2) is 5.15 Å². The molecular weight excluding hydrogens is 216 g/mol. The van der Waals surface area contributed by atoms with Crippen molar-refractivity contribution >= 4 is 17.5 Å². The second-order valence-electron chi connectivity index (χ2n) is 4.26. The molecule has 1 fully saturated rings. The van der Waals surface area contributed by atoms with Gasteiger partial charge in [0, 0.05) is 6.04 Å². The fourth-order valence-electron chi connectivity index (χ4n) is 1.74. The fraction of sp³-hybridized carbons (Fsp3) is 0.667. The van der Waals surface area contributed by atoms with E-state index >= 15 is 0 Å². The van der Waals surface area contributed by atoms with Gasteiger partial charge in [0.25, 0.3) is 0 Å². The van der Waals surface area contributed by atoms with Crippen molar-refractivity contribution in [1.82, 2.24) is 15.2 Å². The predicted molar refractivity (Wildman–Crippen MR) is 56.8 cm³/mol. The van der Waals surface area contributed by atoms with Gasteiger partial charge in [-0.3, -0.25) is 0 Å². The molecule has 0 aliphatic heterocycles. The highest BCUT2D eigenvalue weighted by molar-refractivity contribution is 6.29. The molecule has 0 spiro atoms. The molecule has 6 heteroatoms. The quantitative estimate of drug-likeness (QED) is 0.795. The molecule has 1 aliphatic rings. The lowest BCUT2D eigenvalue weighted by Crippen LogP contribution is -2.48. The van der Waals surface area contributed by atoms with E-state index in [1.54, 1.807) is 6.92 Å². The Labute approximate surface area is 92.9 Å². The maximum atomic E-state index is 9.54. The van der Waals surface area contributed by atoms with Crippen molar-refractivity contribution in [3.63, 3.8) is 0 Å². The summed E-state index contributed by atoms with van der Waals surface area (Å²) in [4.78, 5) is 4.14. The van der Waals surface area contributed by atoms with Crippen molar-refractivity contribution in [1.29, 1.82) is 0 Å². The van der Waals surface area contributed by atoms with Crippen molar-refractivity contribution in [2.75, 3.05) is 5.32 Å². The van der Waals surface area contributed by atoms with E-state index in [9.17, 15) is 5.11 Å². The van der Waals surface area contributed by atoms with E-state index in [0.29, 0.717) is 29.6 Å². The van der Waals surface area contributed by atoms with Gasteiger partial charge in [-0.05, 0) is 26.7 Å². The third kappa shape index (κ3) is 2.35. The van der Waals surface area contributed by atoms with Gasteiger partial charge in [-0.2, -0.15) is 0 Å². The van der Waals surface area contributed by atoms with E-state index in [0.717, 1.165) is 0 Å². The van der Waals surface area contributed by atoms with Crippen LogP contribution >= 0.6 is 11.6 Å². The summed E-state index contributed by atoms with van der Waals surface area (Å²) in [7, 11) is 0. The molecule has 1 saturated carbocycles. The van der Waals surface area contributed by atoms with E-state index in [1.165, 1.54) is 0 Å². The molecule has 1 aromatic rings. The monoisotopic (exact) mass is 228 g/mol. The van der Waals surface area contributed by atoms with E-state index in [2.05, 4.69) is 20.5 Å². The molecular formula is C9H13ClN4O. The molecule has 1 aromatic heterocycles. The molecule has 2 rings (SSSR count). The normalized spacial score (nSPS) is 29.7. The lowest BCUT2D eigenvalue weighted by Gasteiger charge is -2.41. The third-order valence-corrected chi connectivity index (χ3v) is 2.86. The average molecular weight is 229 g/mol. The first-order valence-electron chi connectivity index (χ1n) is 4.82. The van der Waals surface area contributed by atoms with E-state index < -0.39 is 5.60 Å². The molecule has 15 heavy (non-hydrogen) atoms. The zero-order valence-electron chi connectivity index (χ0n) is 8.66. The van der Waals surface area contributed by atoms with Gasteiger partial charge in [-0.15, -0.1) is 10.2 Å². The molecule has 0 amide bonds. The first-order chi connectivity index (χ1) is 6.96. The second kappa shape index (κ2) is 3.57. The summed E-state index contributed by atoms with van der Waals surface area (Å²) in [6.07, 6.45) is 1.41. The molecule has 1 heterocycles. The smallest absolute Gasteiger partial charge is 0.243 e. The van der Waals surface area contributed by atoms with Gasteiger partial charge in [-0.25, -0.2) is 4.98 Å². The molecule has 5 nitrogen and oxygen atoms in total. The van der Waals surface area contributed by atoms with Crippen LogP contribution in [0.1, 0.15) is 25.5 Å². The second-order valence-corrected chi connectivity index (χ2v) is 4.62. The lowest BCUT2D eigenvalue weighted by atomic mass is 9.77. The SMILES string of the molecule is Cc1nc(N[C@H]2C[C@](C)(O)C2)nnc1Cl. The molecule has 1 aliphatic carbocycles. The van der Waals surface area contributed by atoms with Crippen LogP contribution in [0.5, 0.6) is 0 Å². The van der Waals surface area contributed by atoms with Gasteiger partial charge in [0.05, 0.1) is 11.3 Å². The van der Waals surface area contributed by atoms with Crippen LogP contribution in [0.4, 0.5) is 5.95 Å². The topological polar surface area (TPSA) is 70.9 Å². The number of hydrogen-bond acceptors (Lipinski definition) is 5. The van der Waals surface area contributed by atoms with Crippen LogP contribution in [0, 0.1) is 6.92 Å². The highest BCUT2D eigenvalue weighted by Crippen LogP contribution is 2.33. The number of halogens is 1. The van der Waals surface area contributed by atoms with E-state index in [4.69, 9.17) is 11.6 Å². The number of hydrogen-bond donors (Lipinski definition) is 2. The van der Waals surface area contributed by atoms with Crippen LogP contribution in [0.15, 0.2) is 0 Å². The zero-order chi connectivity index (χ0) is 11.1. The van der Waals surface area contributed by atoms with Crippen LogP contribution in [0.25, 0.3) is 0 Å². The molecule has 0 aromatic carbocycles. The Morgan fingerprint density at radius 2 is 2.13 bits per heavy atom. The molecule has 2 N–H and O–H groups in total. The average Bonchev–Trinajstić information content (AvgIpc) is 2.08. The first-order valence-corrected chi connectivity index (χ1v) is 5.20. The van der Waals surface area contributed by atoms with Crippen molar-refractivity contribution in [2.45, 2.75) is 38.3 Å². The third-order valence-electron chi connectivity index (χ3n) is 2.51. The summed E-state index contributed by atoms with van der Waals surface area (Å²) >= 11 is 5.71. The van der Waals surface area contributed by atoms with E-state index in [1.807, 2.05) is 6.92 Å². The van der Waals surface area contributed by atoms with Crippen LogP contribution in [0.2, 0.25) is 5.15 Å². The van der Waals surface area contributed by atoms with Crippen LogP contribution in [0.3, 0.4) is 0 Å². The van der Waals surface area contributed by atoms with E-state index in [-0.39, 0.29) is 6.04 Å². The molecule has 0 radical (unpaired) electrons. The highest BCUT2D eigenvalue weighted by Gasteiger charge is 2.38. The van der Waals surface area contributed by atoms with Crippen molar-refractivity contribution in [2.24, 2.45) is 0 Å². The minimum absolute atomic E-state index is 0.224. The first kappa shape index (κ1) is 10.6.